The number of amides is 2. The largest absolute Gasteiger partial charge is 0.359 e. The van der Waals surface area contributed by atoms with Crippen LogP contribution in [-0.4, -0.2) is 42.3 Å². The molecular formula is C10H17N5O2S. The maximum atomic E-state index is 11.2. The Morgan fingerprint density at radius 3 is 2.89 bits per heavy atom. The molecule has 2 amide bonds. The van der Waals surface area contributed by atoms with Gasteiger partial charge in [0.15, 0.2) is 5.01 Å². The SMILES string of the molecule is CNC(=O)CCN(C)Cc1csc(C(=O)NN)n1. The highest BCUT2D eigenvalue weighted by atomic mass is 32.1. The number of carbonyl (C=O) groups excluding carboxylic acids is 2. The molecule has 0 saturated carbocycles. The monoisotopic (exact) mass is 271 g/mol. The summed E-state index contributed by atoms with van der Waals surface area (Å²) in [6.45, 7) is 1.22. The van der Waals surface area contributed by atoms with Crippen LogP contribution in [0, 0.1) is 0 Å². The molecule has 0 radical (unpaired) electrons. The van der Waals surface area contributed by atoms with Crippen LogP contribution < -0.4 is 16.6 Å². The van der Waals surface area contributed by atoms with E-state index < -0.39 is 0 Å². The summed E-state index contributed by atoms with van der Waals surface area (Å²) in [7, 11) is 3.51. The van der Waals surface area contributed by atoms with E-state index in [-0.39, 0.29) is 11.8 Å². The highest BCUT2D eigenvalue weighted by molar-refractivity contribution is 7.11. The van der Waals surface area contributed by atoms with E-state index in [1.807, 2.05) is 17.4 Å². The van der Waals surface area contributed by atoms with Gasteiger partial charge in [0.25, 0.3) is 5.91 Å². The van der Waals surface area contributed by atoms with Crippen molar-refractivity contribution in [1.29, 1.82) is 0 Å². The Bertz CT molecular complexity index is 420. The first-order valence-electron chi connectivity index (χ1n) is 5.41. The van der Waals surface area contributed by atoms with Crippen molar-refractivity contribution in [2.75, 3.05) is 20.6 Å². The van der Waals surface area contributed by atoms with E-state index in [0.717, 1.165) is 5.69 Å². The Morgan fingerprint density at radius 2 is 2.28 bits per heavy atom. The molecule has 4 N–H and O–H groups in total. The molecule has 0 saturated heterocycles. The van der Waals surface area contributed by atoms with Crippen molar-refractivity contribution in [2.45, 2.75) is 13.0 Å². The minimum Gasteiger partial charge on any atom is -0.359 e. The van der Waals surface area contributed by atoms with E-state index in [0.29, 0.717) is 24.5 Å². The molecule has 7 nitrogen and oxygen atoms in total. The lowest BCUT2D eigenvalue weighted by Crippen LogP contribution is -2.30. The number of nitrogen functional groups attached to an aromatic ring is 1. The second-order valence-electron chi connectivity index (χ2n) is 3.78. The zero-order valence-corrected chi connectivity index (χ0v) is 11.2. The van der Waals surface area contributed by atoms with E-state index in [2.05, 4.69) is 10.3 Å². The fourth-order valence-electron chi connectivity index (χ4n) is 1.32. The first-order valence-corrected chi connectivity index (χ1v) is 6.29. The molecule has 0 aliphatic carbocycles. The number of hydrogen-bond donors (Lipinski definition) is 3. The molecule has 0 atom stereocenters. The molecule has 0 bridgehead atoms. The van der Waals surface area contributed by atoms with Crippen LogP contribution in [0.25, 0.3) is 0 Å². The predicted octanol–water partition coefficient (Wildman–Crippen LogP) is -0.685. The van der Waals surface area contributed by atoms with Gasteiger partial charge in [0, 0.05) is 31.9 Å². The molecule has 0 aliphatic rings. The number of nitrogens with zero attached hydrogens (tertiary/aromatic N) is 2. The van der Waals surface area contributed by atoms with Gasteiger partial charge in [-0.2, -0.15) is 0 Å². The van der Waals surface area contributed by atoms with Crippen molar-refractivity contribution in [3.05, 3.63) is 16.1 Å². The minimum absolute atomic E-state index is 0.00308. The molecule has 0 unspecified atom stereocenters. The summed E-state index contributed by atoms with van der Waals surface area (Å²) in [5.74, 6) is 4.64. The average Bonchev–Trinajstić information content (AvgIpc) is 2.83. The van der Waals surface area contributed by atoms with Crippen LogP contribution in [0.15, 0.2) is 5.38 Å². The summed E-state index contributed by atoms with van der Waals surface area (Å²) in [5.41, 5.74) is 2.83. The van der Waals surface area contributed by atoms with Gasteiger partial charge in [-0.25, -0.2) is 10.8 Å². The Balaban J connectivity index is 2.44. The van der Waals surface area contributed by atoms with Gasteiger partial charge in [-0.3, -0.25) is 15.0 Å². The number of thiazole rings is 1. The molecule has 0 spiro atoms. The summed E-state index contributed by atoms with van der Waals surface area (Å²) >= 11 is 1.24. The van der Waals surface area contributed by atoms with E-state index in [1.165, 1.54) is 11.3 Å². The fraction of sp³-hybridized carbons (Fsp3) is 0.500. The Hall–Kier alpha value is -1.51. The second kappa shape index (κ2) is 7.04. The number of aromatic nitrogens is 1. The van der Waals surface area contributed by atoms with Gasteiger partial charge in [-0.1, -0.05) is 0 Å². The van der Waals surface area contributed by atoms with Gasteiger partial charge < -0.3 is 10.2 Å². The summed E-state index contributed by atoms with van der Waals surface area (Å²) in [6, 6.07) is 0. The van der Waals surface area contributed by atoms with Gasteiger partial charge in [0.2, 0.25) is 5.91 Å². The Labute approximate surface area is 109 Å². The fourth-order valence-corrected chi connectivity index (χ4v) is 2.03. The third-order valence-corrected chi connectivity index (χ3v) is 3.20. The molecule has 0 aliphatic heterocycles. The zero-order chi connectivity index (χ0) is 13.5. The van der Waals surface area contributed by atoms with Crippen molar-refractivity contribution in [2.24, 2.45) is 5.84 Å². The summed E-state index contributed by atoms with van der Waals surface area (Å²) < 4.78 is 0. The normalized spacial score (nSPS) is 10.4. The molecule has 1 heterocycles. The van der Waals surface area contributed by atoms with Crippen molar-refractivity contribution in [1.82, 2.24) is 20.6 Å². The quantitative estimate of drug-likeness (QED) is 0.361. The van der Waals surface area contributed by atoms with E-state index in [9.17, 15) is 9.59 Å². The molecule has 1 aromatic heterocycles. The highest BCUT2D eigenvalue weighted by Gasteiger charge is 2.11. The van der Waals surface area contributed by atoms with Crippen LogP contribution in [0.4, 0.5) is 0 Å². The van der Waals surface area contributed by atoms with Crippen LogP contribution in [0.3, 0.4) is 0 Å². The number of carbonyl (C=O) groups is 2. The maximum Gasteiger partial charge on any atom is 0.294 e. The van der Waals surface area contributed by atoms with E-state index in [4.69, 9.17) is 5.84 Å². The van der Waals surface area contributed by atoms with Gasteiger partial charge in [0.1, 0.15) is 0 Å². The second-order valence-corrected chi connectivity index (χ2v) is 4.64. The maximum absolute atomic E-state index is 11.2. The summed E-state index contributed by atoms with van der Waals surface area (Å²) in [6.07, 6.45) is 0.438. The van der Waals surface area contributed by atoms with Gasteiger partial charge in [-0.05, 0) is 7.05 Å². The van der Waals surface area contributed by atoms with Crippen molar-refractivity contribution >= 4 is 23.2 Å². The van der Waals surface area contributed by atoms with E-state index >= 15 is 0 Å². The van der Waals surface area contributed by atoms with Crippen molar-refractivity contribution < 1.29 is 9.59 Å². The van der Waals surface area contributed by atoms with Crippen LogP contribution in [-0.2, 0) is 11.3 Å². The number of hydrazine groups is 1. The number of nitrogens with one attached hydrogen (secondary N) is 2. The Kier molecular flexibility index (Phi) is 5.69. The minimum atomic E-state index is -0.390. The highest BCUT2D eigenvalue weighted by Crippen LogP contribution is 2.11. The molecule has 0 fully saturated rings. The molecule has 1 aromatic rings. The lowest BCUT2D eigenvalue weighted by atomic mass is 10.3. The number of hydrogen-bond acceptors (Lipinski definition) is 6. The lowest BCUT2D eigenvalue weighted by Gasteiger charge is -2.14. The predicted molar refractivity (Wildman–Crippen MR) is 68.8 cm³/mol. The molecule has 100 valence electrons. The first kappa shape index (κ1) is 14.6. The third-order valence-electron chi connectivity index (χ3n) is 2.31. The average molecular weight is 271 g/mol. The van der Waals surface area contributed by atoms with Crippen LogP contribution in [0.2, 0.25) is 0 Å². The molecule has 18 heavy (non-hydrogen) atoms. The lowest BCUT2D eigenvalue weighted by molar-refractivity contribution is -0.120. The zero-order valence-electron chi connectivity index (χ0n) is 10.4. The van der Waals surface area contributed by atoms with Crippen molar-refractivity contribution in [3.8, 4) is 0 Å². The summed E-state index contributed by atoms with van der Waals surface area (Å²) in [4.78, 5) is 28.4. The number of rotatable bonds is 6. The van der Waals surface area contributed by atoms with E-state index in [1.54, 1.807) is 12.4 Å². The molecular weight excluding hydrogens is 254 g/mol. The third kappa shape index (κ3) is 4.40. The topological polar surface area (TPSA) is 100 Å². The van der Waals surface area contributed by atoms with Gasteiger partial charge in [0.05, 0.1) is 5.69 Å². The molecule has 1 rings (SSSR count). The first-order chi connectivity index (χ1) is 8.56. The summed E-state index contributed by atoms with van der Waals surface area (Å²) in [5, 5.41) is 4.71. The van der Waals surface area contributed by atoms with Gasteiger partial charge >= 0.3 is 0 Å². The molecule has 8 heteroatoms. The van der Waals surface area contributed by atoms with Crippen LogP contribution in [0.1, 0.15) is 21.9 Å². The molecule has 0 aromatic carbocycles. The van der Waals surface area contributed by atoms with Crippen molar-refractivity contribution in [3.63, 3.8) is 0 Å². The Morgan fingerprint density at radius 1 is 1.56 bits per heavy atom. The standard InChI is InChI=1S/C10H17N5O2S/c1-12-8(16)3-4-15(2)5-7-6-18-10(13-7)9(17)14-11/h6H,3-5,11H2,1-2H3,(H,12,16)(H,14,17). The van der Waals surface area contributed by atoms with Crippen LogP contribution >= 0.6 is 11.3 Å². The number of nitrogens with two attached hydrogens (primary N) is 1. The van der Waals surface area contributed by atoms with Gasteiger partial charge in [-0.15, -0.1) is 11.3 Å². The van der Waals surface area contributed by atoms with Crippen LogP contribution in [0.5, 0.6) is 0 Å². The smallest absolute Gasteiger partial charge is 0.294 e.